The third-order valence-electron chi connectivity index (χ3n) is 3.41. The van der Waals surface area contributed by atoms with Crippen LogP contribution in [-0.2, 0) is 6.54 Å². The Labute approximate surface area is 121 Å². The number of aromatic nitrogens is 2. The van der Waals surface area contributed by atoms with Crippen molar-refractivity contribution in [3.63, 3.8) is 0 Å². The van der Waals surface area contributed by atoms with Gasteiger partial charge in [-0.25, -0.2) is 0 Å². The Hall–Kier alpha value is -2.88. The largest absolute Gasteiger partial charge is 0.321 e. The maximum absolute atomic E-state index is 12.3. The van der Waals surface area contributed by atoms with Gasteiger partial charge in [-0.05, 0) is 11.5 Å². The maximum atomic E-state index is 12.3. The lowest BCUT2D eigenvalue weighted by Crippen LogP contribution is -2.39. The minimum atomic E-state index is -0.560. The highest BCUT2D eigenvalue weighted by molar-refractivity contribution is 5.90. The summed E-state index contributed by atoms with van der Waals surface area (Å²) < 4.78 is 2.74. The van der Waals surface area contributed by atoms with Gasteiger partial charge in [0.2, 0.25) is 0 Å². The topological polar surface area (TPSA) is 44.0 Å². The van der Waals surface area contributed by atoms with Crippen LogP contribution in [0.3, 0.4) is 0 Å². The predicted octanol–water partition coefficient (Wildman–Crippen LogP) is 2.34. The fraction of sp³-hybridized carbons (Fsp3) is 0.0588. The molecule has 0 amide bonds. The number of hydrogen-bond acceptors (Lipinski definition) is 2. The van der Waals surface area contributed by atoms with E-state index in [4.69, 9.17) is 0 Å². The zero-order valence-corrected chi connectivity index (χ0v) is 11.4. The molecule has 4 heteroatoms. The Morgan fingerprint density at radius 2 is 1.71 bits per heavy atom. The summed E-state index contributed by atoms with van der Waals surface area (Å²) in [4.78, 5) is 24.4. The number of fused-ring (bicyclic) bond motifs is 1. The number of benzene rings is 2. The van der Waals surface area contributed by atoms with Gasteiger partial charge in [-0.2, -0.15) is 0 Å². The summed E-state index contributed by atoms with van der Waals surface area (Å²) in [6.45, 7) is 3.90. The van der Waals surface area contributed by atoms with Crippen LogP contribution in [0.25, 0.3) is 16.5 Å². The fourth-order valence-corrected chi connectivity index (χ4v) is 2.40. The summed E-state index contributed by atoms with van der Waals surface area (Å²) in [7, 11) is 0. The van der Waals surface area contributed by atoms with Gasteiger partial charge in [0, 0.05) is 24.3 Å². The highest BCUT2D eigenvalue weighted by Crippen LogP contribution is 2.20. The van der Waals surface area contributed by atoms with E-state index in [0.717, 1.165) is 10.8 Å². The summed E-state index contributed by atoms with van der Waals surface area (Å²) >= 11 is 0. The number of nitrogens with zero attached hydrogens (tertiary/aromatic N) is 2. The van der Waals surface area contributed by atoms with Crippen LogP contribution in [-0.4, -0.2) is 9.13 Å². The van der Waals surface area contributed by atoms with Crippen LogP contribution in [0.1, 0.15) is 0 Å². The second-order valence-electron chi connectivity index (χ2n) is 4.72. The van der Waals surface area contributed by atoms with Crippen LogP contribution in [0.4, 0.5) is 0 Å². The van der Waals surface area contributed by atoms with Crippen molar-refractivity contribution >= 4 is 10.8 Å². The van der Waals surface area contributed by atoms with Gasteiger partial charge in [-0.3, -0.25) is 14.2 Å². The van der Waals surface area contributed by atoms with E-state index in [9.17, 15) is 9.59 Å². The summed E-state index contributed by atoms with van der Waals surface area (Å²) in [5.74, 6) is 0. The Kier molecular flexibility index (Phi) is 3.28. The molecule has 104 valence electrons. The molecule has 2 aromatic carbocycles. The third-order valence-corrected chi connectivity index (χ3v) is 3.41. The van der Waals surface area contributed by atoms with E-state index in [0.29, 0.717) is 12.2 Å². The third kappa shape index (κ3) is 2.21. The molecule has 0 aliphatic carbocycles. The number of hydrogen-bond donors (Lipinski definition) is 0. The van der Waals surface area contributed by atoms with Crippen LogP contribution >= 0.6 is 0 Å². The van der Waals surface area contributed by atoms with Crippen molar-refractivity contribution < 1.29 is 0 Å². The maximum Gasteiger partial charge on any atom is 0.321 e. The summed E-state index contributed by atoms with van der Waals surface area (Å²) in [6, 6.07) is 13.4. The molecule has 1 heterocycles. The van der Waals surface area contributed by atoms with Crippen molar-refractivity contribution in [1.29, 1.82) is 0 Å². The molecular weight excluding hydrogens is 264 g/mol. The van der Waals surface area contributed by atoms with Gasteiger partial charge in [0.1, 0.15) is 0 Å². The number of allylic oxidation sites excluding steroid dienone is 1. The molecular formula is C17H14N2O2. The molecule has 4 nitrogen and oxygen atoms in total. The molecule has 0 N–H and O–H groups in total. The van der Waals surface area contributed by atoms with Crippen LogP contribution in [0.15, 0.2) is 77.1 Å². The van der Waals surface area contributed by atoms with Crippen LogP contribution in [0.5, 0.6) is 0 Å². The van der Waals surface area contributed by atoms with Crippen LogP contribution < -0.4 is 11.1 Å². The molecule has 0 radical (unpaired) electrons. The van der Waals surface area contributed by atoms with Gasteiger partial charge in [0.05, 0.1) is 5.69 Å². The van der Waals surface area contributed by atoms with Gasteiger partial charge in [0.25, 0.3) is 0 Å². The normalized spacial score (nSPS) is 10.7. The lowest BCUT2D eigenvalue weighted by molar-refractivity contribution is 0.734. The molecule has 0 saturated carbocycles. The first-order valence-electron chi connectivity index (χ1n) is 6.63. The lowest BCUT2D eigenvalue weighted by atomic mass is 10.1. The molecule has 21 heavy (non-hydrogen) atoms. The minimum absolute atomic E-state index is 0.324. The van der Waals surface area contributed by atoms with Crippen molar-refractivity contribution in [3.05, 3.63) is 88.2 Å². The Bertz CT molecular complexity index is 930. The summed E-state index contributed by atoms with van der Waals surface area (Å²) in [5, 5.41) is 1.96. The van der Waals surface area contributed by atoms with Crippen molar-refractivity contribution in [2.45, 2.75) is 6.54 Å². The Morgan fingerprint density at radius 3 is 2.52 bits per heavy atom. The zero-order chi connectivity index (χ0) is 14.8. The molecule has 1 aromatic heterocycles. The van der Waals surface area contributed by atoms with Crippen molar-refractivity contribution in [2.24, 2.45) is 0 Å². The molecule has 3 rings (SSSR count). The Balaban J connectivity index is 2.29. The molecule has 0 fully saturated rings. The first-order chi connectivity index (χ1) is 10.2. The fourth-order valence-electron chi connectivity index (χ4n) is 2.40. The summed E-state index contributed by atoms with van der Waals surface area (Å²) in [6.07, 6.45) is 4.81. The van der Waals surface area contributed by atoms with E-state index in [1.807, 2.05) is 42.5 Å². The molecule has 0 atom stereocenters. The molecule has 0 aliphatic rings. The van der Waals surface area contributed by atoms with Crippen LogP contribution in [0.2, 0.25) is 0 Å². The van der Waals surface area contributed by atoms with Crippen molar-refractivity contribution in [1.82, 2.24) is 9.13 Å². The van der Waals surface area contributed by atoms with Crippen molar-refractivity contribution in [2.75, 3.05) is 0 Å². The molecule has 0 saturated heterocycles. The van der Waals surface area contributed by atoms with Gasteiger partial charge in [-0.15, -0.1) is 6.58 Å². The monoisotopic (exact) mass is 278 g/mol. The predicted molar refractivity (Wildman–Crippen MR) is 84.0 cm³/mol. The van der Waals surface area contributed by atoms with Crippen molar-refractivity contribution in [3.8, 4) is 5.69 Å². The first kappa shape index (κ1) is 13.1. The minimum Gasteiger partial charge on any atom is -0.306 e. The van der Waals surface area contributed by atoms with E-state index in [2.05, 4.69) is 6.58 Å². The molecule has 0 unspecified atom stereocenters. The zero-order valence-electron chi connectivity index (χ0n) is 11.4. The van der Waals surface area contributed by atoms with E-state index in [1.165, 1.54) is 9.13 Å². The molecule has 3 aromatic rings. The highest BCUT2D eigenvalue weighted by atomic mass is 16.2. The first-order valence-corrected chi connectivity index (χ1v) is 6.63. The smallest absolute Gasteiger partial charge is 0.306 e. The quantitative estimate of drug-likeness (QED) is 0.545. The Morgan fingerprint density at radius 1 is 0.952 bits per heavy atom. The van der Waals surface area contributed by atoms with Crippen LogP contribution in [0, 0.1) is 0 Å². The molecule has 0 spiro atoms. The second-order valence-corrected chi connectivity index (χ2v) is 4.72. The van der Waals surface area contributed by atoms with E-state index < -0.39 is 11.1 Å². The van der Waals surface area contributed by atoms with E-state index >= 15 is 0 Å². The highest BCUT2D eigenvalue weighted by Gasteiger charge is 2.08. The molecule has 0 bridgehead atoms. The summed E-state index contributed by atoms with van der Waals surface area (Å²) in [5.41, 5.74) is -0.401. The average Bonchev–Trinajstić information content (AvgIpc) is 2.52. The SMILES string of the molecule is C=CCn1ccn(-c2cccc3ccccc23)c(=O)c1=O. The van der Waals surface area contributed by atoms with E-state index in [1.54, 1.807) is 18.5 Å². The van der Waals surface area contributed by atoms with Gasteiger partial charge in [0.15, 0.2) is 0 Å². The second kappa shape index (κ2) is 5.25. The van der Waals surface area contributed by atoms with Gasteiger partial charge in [-0.1, -0.05) is 42.5 Å². The molecule has 0 aliphatic heterocycles. The van der Waals surface area contributed by atoms with Gasteiger partial charge < -0.3 is 4.57 Å². The van der Waals surface area contributed by atoms with Gasteiger partial charge >= 0.3 is 11.1 Å². The standard InChI is InChI=1S/C17H14N2O2/c1-2-10-18-11-12-19(17(21)16(18)20)15-9-5-7-13-6-3-4-8-14(13)15/h2-9,11-12H,1,10H2. The lowest BCUT2D eigenvalue weighted by Gasteiger charge is -2.10. The van der Waals surface area contributed by atoms with E-state index in [-0.39, 0.29) is 0 Å². The average molecular weight is 278 g/mol. The number of rotatable bonds is 3.